The first kappa shape index (κ1) is 19.0. The number of nitrogen functional groups attached to an aromatic ring is 1. The molecule has 142 valence electrons. The zero-order valence-corrected chi connectivity index (χ0v) is 15.3. The topological polar surface area (TPSA) is 75.9 Å². The third kappa shape index (κ3) is 4.49. The van der Waals surface area contributed by atoms with Crippen LogP contribution < -0.4 is 10.6 Å². The smallest absolute Gasteiger partial charge is 0.340 e. The Labute approximate surface area is 161 Å². The van der Waals surface area contributed by atoms with Crippen LogP contribution >= 0.6 is 11.6 Å². The van der Waals surface area contributed by atoms with E-state index < -0.39 is 5.97 Å². The lowest BCUT2D eigenvalue weighted by Crippen LogP contribution is -2.50. The number of anilines is 2. The van der Waals surface area contributed by atoms with Crippen molar-refractivity contribution in [3.05, 3.63) is 58.9 Å². The largest absolute Gasteiger partial charge is 0.452 e. The standard InChI is InChI=1S/C19H19ClFN3O3/c20-13-5-6-16(22)14(11-13)19(26)27-12-18(25)24-9-7-23(8-10-24)17-4-2-1-3-15(17)21/h1-6,11H,7-10,12,22H2. The van der Waals surface area contributed by atoms with Crippen molar-refractivity contribution >= 4 is 34.9 Å². The van der Waals surface area contributed by atoms with E-state index in [-0.39, 0.29) is 29.6 Å². The van der Waals surface area contributed by atoms with E-state index in [1.54, 1.807) is 29.2 Å². The van der Waals surface area contributed by atoms with Gasteiger partial charge in [-0.15, -0.1) is 0 Å². The SMILES string of the molecule is Nc1ccc(Cl)cc1C(=O)OCC(=O)N1CCN(c2ccccc2F)CC1. The van der Waals surface area contributed by atoms with E-state index in [2.05, 4.69) is 0 Å². The van der Waals surface area contributed by atoms with Gasteiger partial charge in [-0.25, -0.2) is 9.18 Å². The number of benzene rings is 2. The number of carbonyl (C=O) groups excluding carboxylic acids is 2. The second-order valence-electron chi connectivity index (χ2n) is 6.13. The monoisotopic (exact) mass is 391 g/mol. The average Bonchev–Trinajstić information content (AvgIpc) is 2.68. The maximum atomic E-state index is 13.9. The Morgan fingerprint density at radius 3 is 2.52 bits per heavy atom. The van der Waals surface area contributed by atoms with Crippen LogP contribution in [0.5, 0.6) is 0 Å². The van der Waals surface area contributed by atoms with E-state index in [0.29, 0.717) is 36.9 Å². The molecule has 0 spiro atoms. The highest BCUT2D eigenvalue weighted by Gasteiger charge is 2.24. The molecule has 8 heteroatoms. The number of esters is 1. The van der Waals surface area contributed by atoms with Gasteiger partial charge in [0, 0.05) is 36.9 Å². The van der Waals surface area contributed by atoms with E-state index in [1.165, 1.54) is 18.2 Å². The number of halogens is 2. The first-order valence-electron chi connectivity index (χ1n) is 8.45. The summed E-state index contributed by atoms with van der Waals surface area (Å²) in [6.07, 6.45) is 0. The molecule has 0 atom stereocenters. The maximum Gasteiger partial charge on any atom is 0.340 e. The highest BCUT2D eigenvalue weighted by molar-refractivity contribution is 6.31. The van der Waals surface area contributed by atoms with E-state index in [1.807, 2.05) is 4.90 Å². The van der Waals surface area contributed by atoms with Gasteiger partial charge in [0.2, 0.25) is 0 Å². The van der Waals surface area contributed by atoms with Gasteiger partial charge < -0.3 is 20.3 Å². The minimum atomic E-state index is -0.701. The number of nitrogens with two attached hydrogens (primary N) is 1. The number of nitrogens with zero attached hydrogens (tertiary/aromatic N) is 2. The van der Waals surface area contributed by atoms with Crippen molar-refractivity contribution in [2.45, 2.75) is 0 Å². The summed E-state index contributed by atoms with van der Waals surface area (Å²) in [7, 11) is 0. The number of piperazine rings is 1. The van der Waals surface area contributed by atoms with Gasteiger partial charge in [-0.05, 0) is 30.3 Å². The average molecular weight is 392 g/mol. The van der Waals surface area contributed by atoms with Crippen molar-refractivity contribution in [2.24, 2.45) is 0 Å². The number of rotatable bonds is 4. The first-order chi connectivity index (χ1) is 13.0. The van der Waals surface area contributed by atoms with Crippen molar-refractivity contribution < 1.29 is 18.7 Å². The summed E-state index contributed by atoms with van der Waals surface area (Å²) in [5, 5.41) is 0.353. The summed E-state index contributed by atoms with van der Waals surface area (Å²) < 4.78 is 18.9. The normalized spacial score (nSPS) is 14.1. The molecule has 6 nitrogen and oxygen atoms in total. The quantitative estimate of drug-likeness (QED) is 0.640. The van der Waals surface area contributed by atoms with Crippen LogP contribution in [-0.2, 0) is 9.53 Å². The lowest BCUT2D eigenvalue weighted by atomic mass is 10.2. The maximum absolute atomic E-state index is 13.9. The minimum absolute atomic E-state index is 0.125. The molecule has 2 aromatic rings. The lowest BCUT2D eigenvalue weighted by Gasteiger charge is -2.36. The Kier molecular flexibility index (Phi) is 5.81. The van der Waals surface area contributed by atoms with Crippen LogP contribution in [0.3, 0.4) is 0 Å². The summed E-state index contributed by atoms with van der Waals surface area (Å²) in [6.45, 7) is 1.46. The van der Waals surface area contributed by atoms with Crippen molar-refractivity contribution in [3.8, 4) is 0 Å². The van der Waals surface area contributed by atoms with Crippen LogP contribution in [0.4, 0.5) is 15.8 Å². The zero-order chi connectivity index (χ0) is 19.4. The predicted molar refractivity (Wildman–Crippen MR) is 101 cm³/mol. The van der Waals surface area contributed by atoms with Crippen molar-refractivity contribution in [1.29, 1.82) is 0 Å². The molecule has 3 rings (SSSR count). The van der Waals surface area contributed by atoms with Gasteiger partial charge in [-0.3, -0.25) is 4.79 Å². The van der Waals surface area contributed by atoms with Gasteiger partial charge in [-0.2, -0.15) is 0 Å². The fourth-order valence-corrected chi connectivity index (χ4v) is 3.08. The van der Waals surface area contributed by atoms with Crippen molar-refractivity contribution in [2.75, 3.05) is 43.4 Å². The highest BCUT2D eigenvalue weighted by atomic mass is 35.5. The molecule has 1 aliphatic heterocycles. The van der Waals surface area contributed by atoms with Crippen molar-refractivity contribution in [3.63, 3.8) is 0 Å². The van der Waals surface area contributed by atoms with Crippen LogP contribution in [-0.4, -0.2) is 49.6 Å². The van der Waals surface area contributed by atoms with E-state index in [0.717, 1.165) is 0 Å². The summed E-state index contributed by atoms with van der Waals surface area (Å²) in [4.78, 5) is 27.9. The molecule has 2 aromatic carbocycles. The first-order valence-corrected chi connectivity index (χ1v) is 8.83. The Balaban J connectivity index is 1.52. The molecule has 1 amide bonds. The molecule has 1 aliphatic rings. The van der Waals surface area contributed by atoms with Gasteiger partial charge >= 0.3 is 5.97 Å². The summed E-state index contributed by atoms with van der Waals surface area (Å²) >= 11 is 5.85. The zero-order valence-electron chi connectivity index (χ0n) is 14.5. The summed E-state index contributed by atoms with van der Waals surface area (Å²) in [5.74, 6) is -1.30. The summed E-state index contributed by atoms with van der Waals surface area (Å²) in [5.41, 5.74) is 6.61. The Hall–Kier alpha value is -2.80. The van der Waals surface area contributed by atoms with Gasteiger partial charge in [0.1, 0.15) is 5.82 Å². The molecular formula is C19H19ClFN3O3. The third-order valence-electron chi connectivity index (χ3n) is 4.39. The molecule has 2 N–H and O–H groups in total. The molecule has 0 saturated carbocycles. The second-order valence-corrected chi connectivity index (χ2v) is 6.56. The van der Waals surface area contributed by atoms with Crippen molar-refractivity contribution in [1.82, 2.24) is 4.90 Å². The van der Waals surface area contributed by atoms with Crippen LogP contribution in [0.2, 0.25) is 5.02 Å². The highest BCUT2D eigenvalue weighted by Crippen LogP contribution is 2.21. The minimum Gasteiger partial charge on any atom is -0.452 e. The Morgan fingerprint density at radius 1 is 1.11 bits per heavy atom. The van der Waals surface area contributed by atoms with E-state index in [4.69, 9.17) is 22.1 Å². The molecule has 27 heavy (non-hydrogen) atoms. The molecule has 0 aliphatic carbocycles. The van der Waals surface area contributed by atoms with Crippen LogP contribution in [0.1, 0.15) is 10.4 Å². The fourth-order valence-electron chi connectivity index (χ4n) is 2.91. The molecule has 0 radical (unpaired) electrons. The predicted octanol–water partition coefficient (Wildman–Crippen LogP) is 2.57. The Morgan fingerprint density at radius 2 is 1.81 bits per heavy atom. The van der Waals surface area contributed by atoms with Crippen LogP contribution in [0.25, 0.3) is 0 Å². The summed E-state index contributed by atoms with van der Waals surface area (Å²) in [6, 6.07) is 11.0. The number of para-hydroxylation sites is 1. The Bertz CT molecular complexity index is 854. The number of hydrogen-bond donors (Lipinski definition) is 1. The molecule has 1 saturated heterocycles. The van der Waals surface area contributed by atoms with Gasteiger partial charge in [0.15, 0.2) is 6.61 Å². The lowest BCUT2D eigenvalue weighted by molar-refractivity contribution is -0.134. The molecule has 0 aromatic heterocycles. The molecule has 0 bridgehead atoms. The fraction of sp³-hybridized carbons (Fsp3) is 0.263. The molecular weight excluding hydrogens is 373 g/mol. The number of hydrogen-bond acceptors (Lipinski definition) is 5. The van der Waals surface area contributed by atoms with E-state index >= 15 is 0 Å². The molecule has 1 heterocycles. The van der Waals surface area contributed by atoms with Crippen LogP contribution in [0.15, 0.2) is 42.5 Å². The number of amides is 1. The molecule has 1 fully saturated rings. The van der Waals surface area contributed by atoms with Gasteiger partial charge in [-0.1, -0.05) is 23.7 Å². The second kappa shape index (κ2) is 8.26. The number of ether oxygens (including phenoxy) is 1. The van der Waals surface area contributed by atoms with Gasteiger partial charge in [0.05, 0.1) is 11.3 Å². The number of carbonyl (C=O) groups is 2. The molecule has 0 unspecified atom stereocenters. The third-order valence-corrected chi connectivity index (χ3v) is 4.62. The van der Waals surface area contributed by atoms with E-state index in [9.17, 15) is 14.0 Å². The van der Waals surface area contributed by atoms with Crippen LogP contribution in [0, 0.1) is 5.82 Å². The van der Waals surface area contributed by atoms with Gasteiger partial charge in [0.25, 0.3) is 5.91 Å².